The maximum atomic E-state index is 13.1. The molecule has 2 heterocycles. The highest BCUT2D eigenvalue weighted by atomic mass is 32.1. The van der Waals surface area contributed by atoms with E-state index in [-0.39, 0.29) is 11.7 Å². The fourth-order valence-corrected chi connectivity index (χ4v) is 4.12. The number of carbonyl (C=O) groups is 1. The van der Waals surface area contributed by atoms with Gasteiger partial charge in [-0.2, -0.15) is 4.37 Å². The van der Waals surface area contributed by atoms with Gasteiger partial charge in [0.25, 0.3) is 0 Å². The van der Waals surface area contributed by atoms with Crippen molar-refractivity contribution in [2.24, 2.45) is 5.92 Å². The van der Waals surface area contributed by atoms with Crippen LogP contribution in [0.4, 0.5) is 9.52 Å². The number of rotatable bonds is 9. The molecule has 29 heavy (non-hydrogen) atoms. The molecule has 3 rings (SSSR count). The average Bonchev–Trinajstić information content (AvgIpc) is 3.18. The summed E-state index contributed by atoms with van der Waals surface area (Å²) in [6.07, 6.45) is 3.19. The molecule has 0 saturated carbocycles. The van der Waals surface area contributed by atoms with E-state index in [1.165, 1.54) is 23.7 Å². The van der Waals surface area contributed by atoms with E-state index in [9.17, 15) is 9.18 Å². The van der Waals surface area contributed by atoms with Crippen LogP contribution in [-0.2, 0) is 16.0 Å². The first-order chi connectivity index (χ1) is 14.0. The molecule has 0 unspecified atom stereocenters. The molecular formula is C21H29FN4O2S. The molecule has 0 spiro atoms. The molecule has 158 valence electrons. The van der Waals surface area contributed by atoms with Gasteiger partial charge in [0.05, 0.1) is 6.61 Å². The van der Waals surface area contributed by atoms with E-state index < -0.39 is 0 Å². The highest BCUT2D eigenvalue weighted by Gasteiger charge is 2.21. The number of methoxy groups -OCH3 is 1. The van der Waals surface area contributed by atoms with E-state index >= 15 is 0 Å². The number of likely N-dealkylation sites (tertiary alicyclic amines) is 1. The summed E-state index contributed by atoms with van der Waals surface area (Å²) in [6, 6.07) is 6.38. The van der Waals surface area contributed by atoms with Gasteiger partial charge < -0.3 is 14.5 Å². The molecule has 1 aromatic heterocycles. The number of benzene rings is 1. The highest BCUT2D eigenvalue weighted by Crippen LogP contribution is 2.21. The summed E-state index contributed by atoms with van der Waals surface area (Å²) < 4.78 is 22.8. The molecule has 1 amide bonds. The first kappa shape index (κ1) is 21.6. The minimum atomic E-state index is -0.251. The minimum absolute atomic E-state index is 0.204. The van der Waals surface area contributed by atoms with Crippen LogP contribution in [-0.4, -0.2) is 60.1 Å². The summed E-state index contributed by atoms with van der Waals surface area (Å²) in [5.41, 5.74) is 0.966. The minimum Gasteiger partial charge on any atom is -0.383 e. The normalized spacial score (nSPS) is 14.9. The van der Waals surface area contributed by atoms with Crippen LogP contribution in [0.1, 0.15) is 37.6 Å². The van der Waals surface area contributed by atoms with Gasteiger partial charge in [0.1, 0.15) is 11.6 Å². The molecule has 0 bridgehead atoms. The predicted molar refractivity (Wildman–Crippen MR) is 113 cm³/mol. The zero-order chi connectivity index (χ0) is 20.6. The lowest BCUT2D eigenvalue weighted by molar-refractivity contribution is -0.132. The zero-order valence-corrected chi connectivity index (χ0v) is 18.0. The zero-order valence-electron chi connectivity index (χ0n) is 17.1. The Labute approximate surface area is 175 Å². The Morgan fingerprint density at radius 3 is 2.69 bits per heavy atom. The summed E-state index contributed by atoms with van der Waals surface area (Å²) in [4.78, 5) is 21.3. The third-order valence-corrected chi connectivity index (χ3v) is 6.12. The van der Waals surface area contributed by atoms with Crippen LogP contribution in [0.15, 0.2) is 24.3 Å². The van der Waals surface area contributed by atoms with Crippen molar-refractivity contribution in [2.75, 3.05) is 44.8 Å². The smallest absolute Gasteiger partial charge is 0.224 e. The maximum absolute atomic E-state index is 13.1. The van der Waals surface area contributed by atoms with Crippen molar-refractivity contribution in [3.63, 3.8) is 0 Å². The Bertz CT molecular complexity index is 775. The SMILES string of the molecule is COCCN(CCC(=O)N1CCC(C)CC1)c1nc(Cc2ccc(F)cc2)ns1. The first-order valence-electron chi connectivity index (χ1n) is 10.1. The second-order valence-corrected chi connectivity index (χ2v) is 8.32. The number of amides is 1. The first-order valence-corrected chi connectivity index (χ1v) is 10.9. The molecule has 1 aromatic carbocycles. The standard InChI is InChI=1S/C21H29FN4O2S/c1-16-7-10-25(11-8-16)20(27)9-12-26(13-14-28-2)21-23-19(24-29-21)15-17-3-5-18(22)6-4-17/h3-6,16H,7-15H2,1-2H3. The predicted octanol–water partition coefficient (Wildman–Crippen LogP) is 3.37. The van der Waals surface area contributed by atoms with Crippen molar-refractivity contribution >= 4 is 22.6 Å². The maximum Gasteiger partial charge on any atom is 0.224 e. The lowest BCUT2D eigenvalue weighted by atomic mass is 9.99. The van der Waals surface area contributed by atoms with Crippen molar-refractivity contribution in [1.82, 2.24) is 14.3 Å². The Morgan fingerprint density at radius 2 is 2.00 bits per heavy atom. The molecule has 0 atom stereocenters. The van der Waals surface area contributed by atoms with Gasteiger partial charge in [0.2, 0.25) is 11.0 Å². The van der Waals surface area contributed by atoms with Crippen LogP contribution in [0, 0.1) is 11.7 Å². The van der Waals surface area contributed by atoms with Crippen molar-refractivity contribution < 1.29 is 13.9 Å². The van der Waals surface area contributed by atoms with E-state index in [0.717, 1.165) is 36.6 Å². The summed E-state index contributed by atoms with van der Waals surface area (Å²) in [6.45, 7) is 5.78. The van der Waals surface area contributed by atoms with Crippen LogP contribution >= 0.6 is 11.5 Å². The van der Waals surface area contributed by atoms with Gasteiger partial charge in [-0.3, -0.25) is 4.79 Å². The second kappa shape index (κ2) is 10.6. The summed E-state index contributed by atoms with van der Waals surface area (Å²) >= 11 is 1.33. The largest absolute Gasteiger partial charge is 0.383 e. The molecular weight excluding hydrogens is 391 g/mol. The van der Waals surface area contributed by atoms with E-state index in [2.05, 4.69) is 21.2 Å². The van der Waals surface area contributed by atoms with Crippen LogP contribution in [0.2, 0.25) is 0 Å². The van der Waals surface area contributed by atoms with Crippen LogP contribution in [0.25, 0.3) is 0 Å². The van der Waals surface area contributed by atoms with Crippen molar-refractivity contribution in [1.29, 1.82) is 0 Å². The number of nitrogens with zero attached hydrogens (tertiary/aromatic N) is 4. The van der Waals surface area contributed by atoms with Gasteiger partial charge in [-0.1, -0.05) is 19.1 Å². The van der Waals surface area contributed by atoms with E-state index in [0.29, 0.717) is 44.3 Å². The number of anilines is 1. The third kappa shape index (κ3) is 6.47. The highest BCUT2D eigenvalue weighted by molar-refractivity contribution is 7.09. The molecule has 1 fully saturated rings. The van der Waals surface area contributed by atoms with E-state index in [1.54, 1.807) is 19.2 Å². The van der Waals surface area contributed by atoms with Crippen molar-refractivity contribution in [3.8, 4) is 0 Å². The third-order valence-electron chi connectivity index (χ3n) is 5.30. The summed E-state index contributed by atoms with van der Waals surface area (Å²) in [5, 5.41) is 0.791. The van der Waals surface area contributed by atoms with Crippen LogP contribution in [0.3, 0.4) is 0 Å². The van der Waals surface area contributed by atoms with Gasteiger partial charge in [-0.05, 0) is 36.5 Å². The molecule has 0 aliphatic carbocycles. The number of piperidine rings is 1. The molecule has 8 heteroatoms. The number of hydrogen-bond donors (Lipinski definition) is 0. The number of carbonyl (C=O) groups excluding carboxylic acids is 1. The van der Waals surface area contributed by atoms with Crippen LogP contribution < -0.4 is 4.90 Å². The van der Waals surface area contributed by atoms with Gasteiger partial charge >= 0.3 is 0 Å². The molecule has 0 N–H and O–H groups in total. The second-order valence-electron chi connectivity index (χ2n) is 7.59. The summed E-state index contributed by atoms with van der Waals surface area (Å²) in [5.74, 6) is 1.36. The Balaban J connectivity index is 1.58. The number of halogens is 1. The fourth-order valence-electron chi connectivity index (χ4n) is 3.38. The van der Waals surface area contributed by atoms with E-state index in [4.69, 9.17) is 4.74 Å². The van der Waals surface area contributed by atoms with Gasteiger partial charge in [0.15, 0.2) is 0 Å². The van der Waals surface area contributed by atoms with Crippen molar-refractivity contribution in [3.05, 3.63) is 41.5 Å². The molecule has 0 radical (unpaired) electrons. The lowest BCUT2D eigenvalue weighted by Gasteiger charge is -2.31. The Morgan fingerprint density at radius 1 is 1.28 bits per heavy atom. The Hall–Kier alpha value is -2.06. The number of hydrogen-bond acceptors (Lipinski definition) is 6. The van der Waals surface area contributed by atoms with Gasteiger partial charge in [0, 0.05) is 57.7 Å². The summed E-state index contributed by atoms with van der Waals surface area (Å²) in [7, 11) is 1.66. The van der Waals surface area contributed by atoms with Gasteiger partial charge in [-0.25, -0.2) is 9.37 Å². The molecule has 6 nitrogen and oxygen atoms in total. The monoisotopic (exact) mass is 420 g/mol. The Kier molecular flexibility index (Phi) is 7.94. The van der Waals surface area contributed by atoms with Gasteiger partial charge in [-0.15, -0.1) is 0 Å². The van der Waals surface area contributed by atoms with Crippen LogP contribution in [0.5, 0.6) is 0 Å². The average molecular weight is 421 g/mol. The van der Waals surface area contributed by atoms with Crippen molar-refractivity contribution in [2.45, 2.75) is 32.6 Å². The quantitative estimate of drug-likeness (QED) is 0.623. The molecule has 1 saturated heterocycles. The lowest BCUT2D eigenvalue weighted by Crippen LogP contribution is -2.40. The fraction of sp³-hybridized carbons (Fsp3) is 0.571. The van der Waals surface area contributed by atoms with E-state index in [1.807, 2.05) is 4.90 Å². The molecule has 2 aromatic rings. The number of ether oxygens (including phenoxy) is 1. The number of aromatic nitrogens is 2. The molecule has 1 aliphatic heterocycles. The topological polar surface area (TPSA) is 58.6 Å². The molecule has 1 aliphatic rings.